The molecule has 0 spiro atoms. The zero-order valence-electron chi connectivity index (χ0n) is 19.4. The predicted molar refractivity (Wildman–Crippen MR) is 128 cm³/mol. The molecule has 7 nitrogen and oxygen atoms in total. The van der Waals surface area contributed by atoms with Gasteiger partial charge in [-0.15, -0.1) is 0 Å². The van der Waals surface area contributed by atoms with Gasteiger partial charge in [-0.3, -0.25) is 4.98 Å². The third kappa shape index (κ3) is 3.45. The van der Waals surface area contributed by atoms with E-state index in [0.717, 1.165) is 56.1 Å². The Bertz CT molecular complexity index is 1430. The van der Waals surface area contributed by atoms with Crippen LogP contribution in [-0.2, 0) is 11.3 Å². The molecule has 33 heavy (non-hydrogen) atoms. The van der Waals surface area contributed by atoms with E-state index in [4.69, 9.17) is 24.0 Å². The number of hydrogen-bond acceptors (Lipinski definition) is 6. The fraction of sp³-hybridized carbons (Fsp3) is 0.269. The van der Waals surface area contributed by atoms with Gasteiger partial charge in [-0.1, -0.05) is 35.5 Å². The van der Waals surface area contributed by atoms with Crippen LogP contribution in [0.2, 0.25) is 0 Å². The van der Waals surface area contributed by atoms with Gasteiger partial charge in [0.15, 0.2) is 0 Å². The van der Waals surface area contributed by atoms with Crippen molar-refractivity contribution >= 4 is 21.9 Å². The van der Waals surface area contributed by atoms with Crippen molar-refractivity contribution in [1.82, 2.24) is 19.7 Å². The first kappa shape index (κ1) is 21.2. The highest BCUT2D eigenvalue weighted by Crippen LogP contribution is 2.40. The molecule has 0 radical (unpaired) electrons. The van der Waals surface area contributed by atoms with Crippen molar-refractivity contribution in [2.24, 2.45) is 0 Å². The normalized spacial score (nSPS) is 12.5. The summed E-state index contributed by atoms with van der Waals surface area (Å²) in [5.74, 6) is 2.34. The number of nitrogens with zero attached hydrogens (tertiary/aromatic N) is 4. The zero-order chi connectivity index (χ0) is 23.1. The van der Waals surface area contributed by atoms with Gasteiger partial charge in [-0.2, -0.15) is 0 Å². The lowest BCUT2D eigenvalue weighted by molar-refractivity contribution is 0.174. The molecule has 0 fully saturated rings. The molecule has 0 aliphatic carbocycles. The number of aromatic nitrogens is 4. The lowest BCUT2D eigenvalue weighted by Gasteiger charge is -2.19. The SMILES string of the molecule is COCc1nc2cnc3cc(-c4c(C)noc4C)c(OC)cc3c2n1[C@H](C)c1ccccc1. The standard InChI is InChI=1S/C26H26N4O3/c1-15-25(17(3)33-29-15)20-11-21-19(12-23(20)32-5)26-22(13-27-21)28-24(14-31-4)30(26)16(2)18-9-7-6-8-10-18/h6-13,16H,14H2,1-5H3/t16-/m1/s1. The van der Waals surface area contributed by atoms with E-state index in [0.29, 0.717) is 6.61 Å². The molecule has 5 rings (SSSR count). The molecule has 3 heterocycles. The Morgan fingerprint density at radius 3 is 2.52 bits per heavy atom. The second kappa shape index (κ2) is 8.33. The summed E-state index contributed by atoms with van der Waals surface area (Å²) in [5, 5.41) is 5.08. The van der Waals surface area contributed by atoms with E-state index in [9.17, 15) is 0 Å². The number of aryl methyl sites for hydroxylation is 2. The molecule has 0 aliphatic heterocycles. The monoisotopic (exact) mass is 442 g/mol. The van der Waals surface area contributed by atoms with Crippen LogP contribution in [0.3, 0.4) is 0 Å². The van der Waals surface area contributed by atoms with Crippen molar-refractivity contribution in [3.8, 4) is 16.9 Å². The molecule has 0 aliphatic rings. The number of imidazole rings is 1. The van der Waals surface area contributed by atoms with E-state index < -0.39 is 0 Å². The maximum absolute atomic E-state index is 5.82. The van der Waals surface area contributed by atoms with Crippen molar-refractivity contribution in [3.63, 3.8) is 0 Å². The lowest BCUT2D eigenvalue weighted by Crippen LogP contribution is -2.11. The smallest absolute Gasteiger partial charge is 0.141 e. The molecule has 0 amide bonds. The lowest BCUT2D eigenvalue weighted by atomic mass is 10.00. The summed E-state index contributed by atoms with van der Waals surface area (Å²) in [6, 6.07) is 14.5. The number of methoxy groups -OCH3 is 2. The summed E-state index contributed by atoms with van der Waals surface area (Å²) in [5.41, 5.74) is 6.53. The Kier molecular flexibility index (Phi) is 5.34. The van der Waals surface area contributed by atoms with Crippen molar-refractivity contribution in [1.29, 1.82) is 0 Å². The second-order valence-electron chi connectivity index (χ2n) is 8.18. The van der Waals surface area contributed by atoms with E-state index in [1.807, 2.05) is 38.2 Å². The highest BCUT2D eigenvalue weighted by molar-refractivity contribution is 6.05. The van der Waals surface area contributed by atoms with Crippen LogP contribution in [0.1, 0.15) is 35.8 Å². The third-order valence-electron chi connectivity index (χ3n) is 6.16. The minimum absolute atomic E-state index is 0.0557. The second-order valence-corrected chi connectivity index (χ2v) is 8.18. The Morgan fingerprint density at radius 2 is 1.85 bits per heavy atom. The largest absolute Gasteiger partial charge is 0.496 e. The van der Waals surface area contributed by atoms with Gasteiger partial charge in [0.05, 0.1) is 41.6 Å². The number of pyridine rings is 1. The van der Waals surface area contributed by atoms with E-state index in [-0.39, 0.29) is 6.04 Å². The predicted octanol–water partition coefficient (Wildman–Crippen LogP) is 5.62. The average Bonchev–Trinajstić information content (AvgIpc) is 3.37. The number of ether oxygens (including phenoxy) is 2. The molecular weight excluding hydrogens is 416 g/mol. The van der Waals surface area contributed by atoms with Crippen molar-refractivity contribution in [3.05, 3.63) is 71.5 Å². The molecule has 0 saturated carbocycles. The molecule has 0 N–H and O–H groups in total. The van der Waals surface area contributed by atoms with Crippen LogP contribution < -0.4 is 4.74 Å². The summed E-state index contributed by atoms with van der Waals surface area (Å²) in [6.45, 7) is 6.42. The highest BCUT2D eigenvalue weighted by Gasteiger charge is 2.22. The fourth-order valence-corrected chi connectivity index (χ4v) is 4.61. The van der Waals surface area contributed by atoms with Crippen molar-refractivity contribution in [2.45, 2.75) is 33.4 Å². The summed E-state index contributed by atoms with van der Waals surface area (Å²) in [7, 11) is 3.36. The summed E-state index contributed by atoms with van der Waals surface area (Å²) in [4.78, 5) is 9.60. The Morgan fingerprint density at radius 1 is 1.06 bits per heavy atom. The summed E-state index contributed by atoms with van der Waals surface area (Å²) >= 11 is 0. The zero-order valence-corrected chi connectivity index (χ0v) is 19.4. The molecule has 0 saturated heterocycles. The van der Waals surface area contributed by atoms with Gasteiger partial charge >= 0.3 is 0 Å². The van der Waals surface area contributed by atoms with Crippen LogP contribution in [0.4, 0.5) is 0 Å². The molecule has 7 heteroatoms. The average molecular weight is 443 g/mol. The first-order chi connectivity index (χ1) is 16.0. The maximum Gasteiger partial charge on any atom is 0.141 e. The van der Waals surface area contributed by atoms with Crippen LogP contribution in [0.5, 0.6) is 5.75 Å². The number of rotatable bonds is 6. The summed E-state index contributed by atoms with van der Waals surface area (Å²) in [6.07, 6.45) is 1.83. The van der Waals surface area contributed by atoms with Gasteiger partial charge in [0.1, 0.15) is 29.5 Å². The van der Waals surface area contributed by atoms with Crippen LogP contribution in [-0.4, -0.2) is 33.9 Å². The van der Waals surface area contributed by atoms with Crippen LogP contribution >= 0.6 is 0 Å². The first-order valence-electron chi connectivity index (χ1n) is 10.9. The Hall–Kier alpha value is -3.71. The third-order valence-corrected chi connectivity index (χ3v) is 6.16. The molecule has 2 aromatic carbocycles. The van der Waals surface area contributed by atoms with Gasteiger partial charge in [-0.05, 0) is 38.5 Å². The van der Waals surface area contributed by atoms with Gasteiger partial charge < -0.3 is 18.6 Å². The molecule has 5 aromatic rings. The number of fused-ring (bicyclic) bond motifs is 3. The maximum atomic E-state index is 5.82. The van der Waals surface area contributed by atoms with Gasteiger partial charge in [-0.25, -0.2) is 4.98 Å². The topological polar surface area (TPSA) is 75.2 Å². The molecular formula is C26H26N4O3. The minimum Gasteiger partial charge on any atom is -0.496 e. The quantitative estimate of drug-likeness (QED) is 0.340. The van der Waals surface area contributed by atoms with E-state index >= 15 is 0 Å². The number of benzene rings is 2. The van der Waals surface area contributed by atoms with Crippen LogP contribution in [0.25, 0.3) is 33.1 Å². The summed E-state index contributed by atoms with van der Waals surface area (Å²) < 4.78 is 19.0. The van der Waals surface area contributed by atoms with Gasteiger partial charge in [0.2, 0.25) is 0 Å². The highest BCUT2D eigenvalue weighted by atomic mass is 16.5. The Balaban J connectivity index is 1.82. The minimum atomic E-state index is 0.0557. The van der Waals surface area contributed by atoms with Crippen molar-refractivity contribution in [2.75, 3.05) is 14.2 Å². The van der Waals surface area contributed by atoms with E-state index in [1.54, 1.807) is 14.2 Å². The van der Waals surface area contributed by atoms with Crippen molar-refractivity contribution < 1.29 is 14.0 Å². The molecule has 0 bridgehead atoms. The molecule has 3 aromatic heterocycles. The van der Waals surface area contributed by atoms with Gasteiger partial charge in [0.25, 0.3) is 0 Å². The first-order valence-corrected chi connectivity index (χ1v) is 10.9. The fourth-order valence-electron chi connectivity index (χ4n) is 4.61. The Labute approximate surface area is 192 Å². The molecule has 0 unspecified atom stereocenters. The van der Waals surface area contributed by atoms with E-state index in [2.05, 4.69) is 40.9 Å². The molecule has 168 valence electrons. The molecule has 1 atom stereocenters. The van der Waals surface area contributed by atoms with Crippen LogP contribution in [0.15, 0.2) is 53.2 Å². The number of hydrogen-bond donors (Lipinski definition) is 0. The van der Waals surface area contributed by atoms with Crippen LogP contribution in [0, 0.1) is 13.8 Å². The van der Waals surface area contributed by atoms with Gasteiger partial charge in [0, 0.05) is 18.1 Å². The van der Waals surface area contributed by atoms with E-state index in [1.165, 1.54) is 5.56 Å².